The maximum atomic E-state index is 12.8. The Morgan fingerprint density at radius 1 is 1.22 bits per heavy atom. The van der Waals surface area contributed by atoms with Gasteiger partial charge in [0, 0.05) is 25.2 Å². The topological polar surface area (TPSA) is 62.7 Å². The van der Waals surface area contributed by atoms with Gasteiger partial charge in [-0.15, -0.1) is 0 Å². The average Bonchev–Trinajstić information content (AvgIpc) is 3.29. The van der Waals surface area contributed by atoms with Crippen molar-refractivity contribution < 1.29 is 14.6 Å². The van der Waals surface area contributed by atoms with E-state index in [0.29, 0.717) is 35.5 Å². The number of aliphatic hydroxyl groups excluding tert-OH is 1. The Labute approximate surface area is 193 Å². The Bertz CT molecular complexity index is 1100. The summed E-state index contributed by atoms with van der Waals surface area (Å²) in [5.41, 5.74) is 3.41. The quantitative estimate of drug-likeness (QED) is 0.517. The van der Waals surface area contributed by atoms with Gasteiger partial charge in [-0.05, 0) is 59.4 Å². The molecular weight excluding hydrogens is 424 g/mol. The number of carbonyl (C=O) groups is 1. The molecule has 1 unspecified atom stereocenters. The molecule has 1 fully saturated rings. The molecule has 0 spiro atoms. The Balaban J connectivity index is 1.50. The summed E-state index contributed by atoms with van der Waals surface area (Å²) in [7, 11) is 0. The van der Waals surface area contributed by atoms with Crippen molar-refractivity contribution in [1.29, 1.82) is 0 Å². The summed E-state index contributed by atoms with van der Waals surface area (Å²) in [6.45, 7) is 5.43. The molecule has 1 aromatic heterocycles. The highest BCUT2D eigenvalue weighted by Crippen LogP contribution is 2.35. The Kier molecular flexibility index (Phi) is 6.77. The van der Waals surface area contributed by atoms with Crippen LogP contribution in [0.25, 0.3) is 0 Å². The molecule has 0 saturated carbocycles. The molecule has 1 N–H and O–H groups in total. The van der Waals surface area contributed by atoms with Gasteiger partial charge in [0.25, 0.3) is 5.91 Å². The first-order valence-corrected chi connectivity index (χ1v) is 11.3. The Hall–Kier alpha value is -2.89. The van der Waals surface area contributed by atoms with Crippen LogP contribution in [0.15, 0.2) is 60.8 Å². The van der Waals surface area contributed by atoms with E-state index in [1.807, 2.05) is 41.3 Å². The highest BCUT2D eigenvalue weighted by atomic mass is 35.5. The monoisotopic (exact) mass is 450 g/mol. The van der Waals surface area contributed by atoms with E-state index in [2.05, 4.69) is 24.9 Å². The summed E-state index contributed by atoms with van der Waals surface area (Å²) in [5, 5.41) is 10.5. The fourth-order valence-corrected chi connectivity index (χ4v) is 4.33. The number of halogens is 1. The molecular formula is C26H27ClN2O3. The smallest absolute Gasteiger partial charge is 0.272 e. The van der Waals surface area contributed by atoms with Gasteiger partial charge in [-0.2, -0.15) is 0 Å². The SMILES string of the molecule is CC(C)c1ccccc1Oc1ccc(C2CCN(C(=O)c3ccc(Cl)cn3)C2)c(CO)c1. The van der Waals surface area contributed by atoms with E-state index in [1.54, 1.807) is 12.1 Å². The number of benzene rings is 2. The Morgan fingerprint density at radius 3 is 2.75 bits per heavy atom. The number of hydrogen-bond donors (Lipinski definition) is 1. The van der Waals surface area contributed by atoms with Crippen LogP contribution >= 0.6 is 11.6 Å². The number of ether oxygens (including phenoxy) is 1. The second-order valence-corrected chi connectivity index (χ2v) is 8.85. The number of rotatable bonds is 6. The van der Waals surface area contributed by atoms with Crippen molar-refractivity contribution in [2.24, 2.45) is 0 Å². The van der Waals surface area contributed by atoms with Gasteiger partial charge in [0.15, 0.2) is 0 Å². The largest absolute Gasteiger partial charge is 0.457 e. The van der Waals surface area contributed by atoms with Crippen LogP contribution in [0.1, 0.15) is 59.3 Å². The molecule has 3 aromatic rings. The van der Waals surface area contributed by atoms with Crippen LogP contribution in [-0.4, -0.2) is 34.0 Å². The van der Waals surface area contributed by atoms with E-state index in [9.17, 15) is 9.90 Å². The third-order valence-corrected chi connectivity index (χ3v) is 6.14. The van der Waals surface area contributed by atoms with Crippen LogP contribution in [0.2, 0.25) is 5.02 Å². The lowest BCUT2D eigenvalue weighted by Gasteiger charge is -2.19. The molecule has 0 bridgehead atoms. The number of para-hydroxylation sites is 1. The lowest BCUT2D eigenvalue weighted by Crippen LogP contribution is -2.29. The van der Waals surface area contributed by atoms with Crippen LogP contribution in [0.5, 0.6) is 11.5 Å². The Morgan fingerprint density at radius 2 is 2.03 bits per heavy atom. The molecule has 4 rings (SSSR count). The molecule has 5 nitrogen and oxygen atoms in total. The summed E-state index contributed by atoms with van der Waals surface area (Å²) in [6.07, 6.45) is 2.32. The number of amides is 1. The lowest BCUT2D eigenvalue weighted by molar-refractivity contribution is 0.0785. The van der Waals surface area contributed by atoms with Crippen LogP contribution in [-0.2, 0) is 6.61 Å². The van der Waals surface area contributed by atoms with Crippen molar-refractivity contribution >= 4 is 17.5 Å². The zero-order chi connectivity index (χ0) is 22.7. The molecule has 0 aliphatic carbocycles. The van der Waals surface area contributed by atoms with Gasteiger partial charge in [-0.3, -0.25) is 4.79 Å². The van der Waals surface area contributed by atoms with Crippen molar-refractivity contribution in [3.63, 3.8) is 0 Å². The predicted octanol–water partition coefficient (Wildman–Crippen LogP) is 5.77. The first kappa shape index (κ1) is 22.3. The number of hydrogen-bond acceptors (Lipinski definition) is 4. The summed E-state index contributed by atoms with van der Waals surface area (Å²) in [6, 6.07) is 17.2. The number of aliphatic hydroxyl groups is 1. The summed E-state index contributed by atoms with van der Waals surface area (Å²) >= 11 is 5.88. The molecule has 1 atom stereocenters. The fourth-order valence-electron chi connectivity index (χ4n) is 4.22. The molecule has 2 heterocycles. The fraction of sp³-hybridized carbons (Fsp3) is 0.308. The van der Waals surface area contributed by atoms with Gasteiger partial charge in [0.05, 0.1) is 11.6 Å². The van der Waals surface area contributed by atoms with Gasteiger partial charge in [0.1, 0.15) is 17.2 Å². The molecule has 166 valence electrons. The summed E-state index contributed by atoms with van der Waals surface area (Å²) in [5.74, 6) is 1.93. The van der Waals surface area contributed by atoms with Crippen LogP contribution < -0.4 is 4.74 Å². The minimum Gasteiger partial charge on any atom is -0.457 e. The minimum atomic E-state index is -0.0973. The average molecular weight is 451 g/mol. The first-order valence-electron chi connectivity index (χ1n) is 10.9. The van der Waals surface area contributed by atoms with Crippen molar-refractivity contribution in [3.05, 3.63) is 88.2 Å². The molecule has 6 heteroatoms. The lowest BCUT2D eigenvalue weighted by atomic mass is 9.93. The second-order valence-electron chi connectivity index (χ2n) is 8.41. The highest BCUT2D eigenvalue weighted by molar-refractivity contribution is 6.30. The van der Waals surface area contributed by atoms with Crippen LogP contribution in [0, 0.1) is 0 Å². The molecule has 32 heavy (non-hydrogen) atoms. The van der Waals surface area contributed by atoms with E-state index in [0.717, 1.165) is 28.9 Å². The molecule has 0 radical (unpaired) electrons. The van der Waals surface area contributed by atoms with Gasteiger partial charge in [0.2, 0.25) is 0 Å². The molecule has 2 aromatic carbocycles. The normalized spacial score (nSPS) is 15.9. The highest BCUT2D eigenvalue weighted by Gasteiger charge is 2.30. The molecule has 1 amide bonds. The van der Waals surface area contributed by atoms with Gasteiger partial charge in [-0.1, -0.05) is 49.7 Å². The number of nitrogens with zero attached hydrogens (tertiary/aromatic N) is 2. The van der Waals surface area contributed by atoms with Gasteiger partial charge in [-0.25, -0.2) is 4.98 Å². The van der Waals surface area contributed by atoms with Crippen molar-refractivity contribution in [3.8, 4) is 11.5 Å². The molecule has 1 aliphatic rings. The zero-order valence-electron chi connectivity index (χ0n) is 18.3. The third-order valence-electron chi connectivity index (χ3n) is 5.92. The van der Waals surface area contributed by atoms with E-state index < -0.39 is 0 Å². The molecule has 1 saturated heterocycles. The summed E-state index contributed by atoms with van der Waals surface area (Å²) in [4.78, 5) is 18.7. The van der Waals surface area contributed by atoms with Crippen molar-refractivity contribution in [1.82, 2.24) is 9.88 Å². The van der Waals surface area contributed by atoms with E-state index in [-0.39, 0.29) is 18.4 Å². The van der Waals surface area contributed by atoms with E-state index in [4.69, 9.17) is 16.3 Å². The predicted molar refractivity (Wildman–Crippen MR) is 125 cm³/mol. The standard InChI is InChI=1S/C26H27ClN2O3/c1-17(2)22-5-3-4-6-25(22)32-21-8-9-23(19(13-21)16-30)18-11-12-29(15-18)26(31)24-10-7-20(27)14-28-24/h3-10,13-14,17-18,30H,11-12,15-16H2,1-2H3. The zero-order valence-corrected chi connectivity index (χ0v) is 19.0. The van der Waals surface area contributed by atoms with Gasteiger partial charge >= 0.3 is 0 Å². The third kappa shape index (κ3) is 4.79. The van der Waals surface area contributed by atoms with Crippen LogP contribution in [0.4, 0.5) is 0 Å². The van der Waals surface area contributed by atoms with E-state index in [1.165, 1.54) is 6.20 Å². The van der Waals surface area contributed by atoms with Crippen molar-refractivity contribution in [2.75, 3.05) is 13.1 Å². The first-order chi connectivity index (χ1) is 15.5. The maximum Gasteiger partial charge on any atom is 0.272 e. The number of aromatic nitrogens is 1. The summed E-state index contributed by atoms with van der Waals surface area (Å²) < 4.78 is 6.16. The maximum absolute atomic E-state index is 12.8. The number of likely N-dealkylation sites (tertiary alicyclic amines) is 1. The number of pyridine rings is 1. The van der Waals surface area contributed by atoms with Gasteiger partial charge < -0.3 is 14.7 Å². The second kappa shape index (κ2) is 9.72. The number of carbonyl (C=O) groups excluding carboxylic acids is 1. The van der Waals surface area contributed by atoms with E-state index >= 15 is 0 Å². The minimum absolute atomic E-state index is 0.0818. The van der Waals surface area contributed by atoms with Crippen LogP contribution in [0.3, 0.4) is 0 Å². The van der Waals surface area contributed by atoms with Crippen molar-refractivity contribution in [2.45, 2.75) is 38.7 Å². The molecule has 1 aliphatic heterocycles.